The lowest BCUT2D eigenvalue weighted by Gasteiger charge is -2.15. The molecule has 0 spiro atoms. The topological polar surface area (TPSA) is 105 Å². The van der Waals surface area contributed by atoms with Gasteiger partial charge in [-0.25, -0.2) is 4.79 Å². The average molecular weight is 308 g/mol. The van der Waals surface area contributed by atoms with E-state index in [0.717, 1.165) is 5.56 Å². The molecule has 0 fully saturated rings. The van der Waals surface area contributed by atoms with Gasteiger partial charge in [0.15, 0.2) is 0 Å². The molecule has 0 unspecified atom stereocenters. The first-order valence-corrected chi connectivity index (χ1v) is 6.88. The van der Waals surface area contributed by atoms with Crippen LogP contribution in [0.5, 0.6) is 0 Å². The Labute approximate surface area is 128 Å². The second kappa shape index (κ2) is 8.66. The molecule has 3 N–H and O–H groups in total. The Balaban J connectivity index is 2.31. The molecule has 1 aromatic carbocycles. The third-order valence-electron chi connectivity index (χ3n) is 2.94. The van der Waals surface area contributed by atoms with Gasteiger partial charge in [-0.1, -0.05) is 37.3 Å². The van der Waals surface area contributed by atoms with Gasteiger partial charge >= 0.3 is 12.1 Å². The molecule has 7 nitrogen and oxygen atoms in total. The summed E-state index contributed by atoms with van der Waals surface area (Å²) in [6.45, 7) is 3.08. The highest BCUT2D eigenvalue weighted by atomic mass is 16.5. The minimum atomic E-state index is -0.997. The normalized spacial score (nSPS) is 12.8. The van der Waals surface area contributed by atoms with Gasteiger partial charge in [0.1, 0.15) is 12.6 Å². The number of rotatable bonds is 7. The molecule has 0 aliphatic carbocycles. The number of carbonyl (C=O) groups excluding carboxylic acids is 2. The smallest absolute Gasteiger partial charge is 0.408 e. The predicted octanol–water partition coefficient (Wildman–Crippen LogP) is 1.14. The van der Waals surface area contributed by atoms with Crippen LogP contribution in [-0.4, -0.2) is 35.7 Å². The van der Waals surface area contributed by atoms with Crippen molar-refractivity contribution in [3.05, 3.63) is 35.9 Å². The van der Waals surface area contributed by atoms with Crippen molar-refractivity contribution in [3.63, 3.8) is 0 Å². The predicted molar refractivity (Wildman–Crippen MR) is 79.0 cm³/mol. The van der Waals surface area contributed by atoms with Gasteiger partial charge < -0.3 is 20.5 Å². The van der Waals surface area contributed by atoms with Crippen LogP contribution in [0.2, 0.25) is 0 Å². The van der Waals surface area contributed by atoms with Crippen molar-refractivity contribution in [2.45, 2.75) is 26.5 Å². The van der Waals surface area contributed by atoms with Crippen LogP contribution in [0.3, 0.4) is 0 Å². The summed E-state index contributed by atoms with van der Waals surface area (Å²) < 4.78 is 4.99. The van der Waals surface area contributed by atoms with E-state index in [0.29, 0.717) is 0 Å². The van der Waals surface area contributed by atoms with Gasteiger partial charge in [0.25, 0.3) is 0 Å². The number of alkyl carbamates (subject to hydrolysis) is 1. The van der Waals surface area contributed by atoms with Crippen LogP contribution < -0.4 is 10.6 Å². The molecule has 2 amide bonds. The van der Waals surface area contributed by atoms with Gasteiger partial charge in [0, 0.05) is 6.54 Å². The first-order valence-electron chi connectivity index (χ1n) is 6.88. The van der Waals surface area contributed by atoms with E-state index < -0.39 is 29.9 Å². The van der Waals surface area contributed by atoms with Crippen LogP contribution >= 0.6 is 0 Å². The van der Waals surface area contributed by atoms with Gasteiger partial charge in [0.2, 0.25) is 5.91 Å². The van der Waals surface area contributed by atoms with Crippen molar-refractivity contribution in [1.29, 1.82) is 0 Å². The standard InChI is InChI=1S/C15H20N2O5/c1-10(14(19)20)8-16-13(18)11(2)17-15(21)22-9-12-6-4-3-5-7-12/h3-7,10-11H,8-9H2,1-2H3,(H,16,18)(H,17,21)(H,19,20)/t10-,11-/m1/s1. The van der Waals surface area contributed by atoms with E-state index in [-0.39, 0.29) is 13.2 Å². The molecular weight excluding hydrogens is 288 g/mol. The largest absolute Gasteiger partial charge is 0.481 e. The molecule has 0 aliphatic heterocycles. The van der Waals surface area contributed by atoms with Crippen molar-refractivity contribution in [1.82, 2.24) is 10.6 Å². The molecule has 0 aliphatic rings. The van der Waals surface area contributed by atoms with E-state index in [4.69, 9.17) is 9.84 Å². The third-order valence-corrected chi connectivity index (χ3v) is 2.94. The first kappa shape index (κ1) is 17.5. The van der Waals surface area contributed by atoms with E-state index in [9.17, 15) is 14.4 Å². The summed E-state index contributed by atoms with van der Waals surface area (Å²) in [6.07, 6.45) is -0.710. The van der Waals surface area contributed by atoms with E-state index in [1.165, 1.54) is 13.8 Å². The Morgan fingerprint density at radius 2 is 1.82 bits per heavy atom. The van der Waals surface area contributed by atoms with E-state index >= 15 is 0 Å². The number of carbonyl (C=O) groups is 3. The van der Waals surface area contributed by atoms with Gasteiger partial charge in [0.05, 0.1) is 5.92 Å². The quantitative estimate of drug-likeness (QED) is 0.700. The number of carboxylic acid groups (broad SMARTS) is 1. The maximum atomic E-state index is 11.7. The summed E-state index contributed by atoms with van der Waals surface area (Å²) >= 11 is 0. The monoisotopic (exact) mass is 308 g/mol. The molecule has 1 aromatic rings. The minimum absolute atomic E-state index is 0.000744. The van der Waals surface area contributed by atoms with Gasteiger partial charge in [-0.15, -0.1) is 0 Å². The number of nitrogens with one attached hydrogen (secondary N) is 2. The molecular formula is C15H20N2O5. The third kappa shape index (κ3) is 6.25. The highest BCUT2D eigenvalue weighted by molar-refractivity contribution is 5.85. The summed E-state index contributed by atoms with van der Waals surface area (Å²) in [7, 11) is 0. The van der Waals surface area contributed by atoms with E-state index in [1.54, 1.807) is 0 Å². The number of aliphatic carboxylic acids is 1. The average Bonchev–Trinajstić information content (AvgIpc) is 2.51. The molecule has 120 valence electrons. The van der Waals surface area contributed by atoms with Crippen LogP contribution in [-0.2, 0) is 20.9 Å². The van der Waals surface area contributed by atoms with Crippen LogP contribution in [0.4, 0.5) is 4.79 Å². The summed E-state index contributed by atoms with van der Waals surface area (Å²) in [6, 6.07) is 8.33. The van der Waals surface area contributed by atoms with Crippen LogP contribution in [0.25, 0.3) is 0 Å². The Bertz CT molecular complexity index is 518. The number of hydrogen-bond donors (Lipinski definition) is 3. The zero-order valence-electron chi connectivity index (χ0n) is 12.5. The molecule has 0 radical (unpaired) electrons. The number of ether oxygens (including phenoxy) is 1. The summed E-state index contributed by atoms with van der Waals surface area (Å²) in [5.41, 5.74) is 0.838. The van der Waals surface area contributed by atoms with Gasteiger partial charge in [-0.2, -0.15) is 0 Å². The summed E-state index contributed by atoms with van der Waals surface area (Å²) in [5.74, 6) is -2.16. The zero-order valence-corrected chi connectivity index (χ0v) is 12.5. The fraction of sp³-hybridized carbons (Fsp3) is 0.400. The number of amides is 2. The highest BCUT2D eigenvalue weighted by Crippen LogP contribution is 2.00. The van der Waals surface area contributed by atoms with Gasteiger partial charge in [-0.3, -0.25) is 9.59 Å². The highest BCUT2D eigenvalue weighted by Gasteiger charge is 2.18. The Hall–Kier alpha value is -2.57. The summed E-state index contributed by atoms with van der Waals surface area (Å²) in [5, 5.41) is 13.6. The van der Waals surface area contributed by atoms with E-state index in [2.05, 4.69) is 10.6 Å². The van der Waals surface area contributed by atoms with Crippen molar-refractivity contribution in [2.24, 2.45) is 5.92 Å². The van der Waals surface area contributed by atoms with Crippen LogP contribution in [0.1, 0.15) is 19.4 Å². The Kier molecular flexibility index (Phi) is 6.88. The number of carboxylic acids is 1. The Morgan fingerprint density at radius 1 is 1.18 bits per heavy atom. The maximum Gasteiger partial charge on any atom is 0.408 e. The number of benzene rings is 1. The Morgan fingerprint density at radius 3 is 2.41 bits per heavy atom. The molecule has 0 saturated heterocycles. The molecule has 2 atom stereocenters. The van der Waals surface area contributed by atoms with Crippen molar-refractivity contribution >= 4 is 18.0 Å². The van der Waals surface area contributed by atoms with E-state index in [1.807, 2.05) is 30.3 Å². The molecule has 0 heterocycles. The fourth-order valence-electron chi connectivity index (χ4n) is 1.50. The molecule has 0 aromatic heterocycles. The lowest BCUT2D eigenvalue weighted by atomic mass is 10.2. The molecule has 0 bridgehead atoms. The van der Waals surface area contributed by atoms with Crippen molar-refractivity contribution in [3.8, 4) is 0 Å². The molecule has 1 rings (SSSR count). The summed E-state index contributed by atoms with van der Waals surface area (Å²) in [4.78, 5) is 33.9. The molecule has 0 saturated carbocycles. The van der Waals surface area contributed by atoms with Crippen LogP contribution in [0.15, 0.2) is 30.3 Å². The van der Waals surface area contributed by atoms with Gasteiger partial charge in [-0.05, 0) is 12.5 Å². The fourth-order valence-corrected chi connectivity index (χ4v) is 1.50. The maximum absolute atomic E-state index is 11.7. The zero-order chi connectivity index (χ0) is 16.5. The minimum Gasteiger partial charge on any atom is -0.481 e. The van der Waals surface area contributed by atoms with Crippen molar-refractivity contribution in [2.75, 3.05) is 6.54 Å². The molecule has 7 heteroatoms. The second-order valence-electron chi connectivity index (χ2n) is 4.91. The lowest BCUT2D eigenvalue weighted by Crippen LogP contribution is -2.46. The van der Waals surface area contributed by atoms with Crippen LogP contribution in [0, 0.1) is 5.92 Å². The number of hydrogen-bond acceptors (Lipinski definition) is 4. The molecule has 22 heavy (non-hydrogen) atoms. The first-order chi connectivity index (χ1) is 10.4. The van der Waals surface area contributed by atoms with Crippen molar-refractivity contribution < 1.29 is 24.2 Å². The second-order valence-corrected chi connectivity index (χ2v) is 4.91. The SMILES string of the molecule is C[C@H](CNC(=O)[C@@H](C)NC(=O)OCc1ccccc1)C(=O)O. The lowest BCUT2D eigenvalue weighted by molar-refractivity contribution is -0.141.